The van der Waals surface area contributed by atoms with Crippen LogP contribution in [0.25, 0.3) is 0 Å². The van der Waals surface area contributed by atoms with Crippen molar-refractivity contribution in [2.24, 2.45) is 5.73 Å². The van der Waals surface area contributed by atoms with Gasteiger partial charge in [-0.05, 0) is 42.0 Å². The molecule has 1 unspecified atom stereocenters. The van der Waals surface area contributed by atoms with Crippen molar-refractivity contribution in [1.82, 2.24) is 0 Å². The fourth-order valence-corrected chi connectivity index (χ4v) is 3.56. The third-order valence-electron chi connectivity index (χ3n) is 4.01. The molecular formula is C19H33ClFNS. The Morgan fingerprint density at radius 3 is 2.09 bits per heavy atom. The first-order chi connectivity index (χ1) is 10.7. The lowest BCUT2D eigenvalue weighted by atomic mass is 10.1. The van der Waals surface area contributed by atoms with Crippen LogP contribution in [-0.4, -0.2) is 11.5 Å². The molecule has 1 aromatic rings. The van der Waals surface area contributed by atoms with Gasteiger partial charge in [0, 0.05) is 6.04 Å². The fraction of sp³-hybridized carbons (Fsp3) is 0.684. The Bertz CT molecular complexity index is 372. The van der Waals surface area contributed by atoms with Crippen molar-refractivity contribution in [3.63, 3.8) is 0 Å². The van der Waals surface area contributed by atoms with Gasteiger partial charge < -0.3 is 5.73 Å². The van der Waals surface area contributed by atoms with Gasteiger partial charge in [0.2, 0.25) is 0 Å². The molecule has 0 radical (unpaired) electrons. The van der Waals surface area contributed by atoms with Crippen LogP contribution < -0.4 is 5.73 Å². The van der Waals surface area contributed by atoms with Crippen molar-refractivity contribution < 1.29 is 4.39 Å². The van der Waals surface area contributed by atoms with E-state index in [4.69, 9.17) is 5.73 Å². The Kier molecular flexibility index (Phi) is 15.1. The first-order valence-electron chi connectivity index (χ1n) is 8.83. The summed E-state index contributed by atoms with van der Waals surface area (Å²) in [7, 11) is 0. The zero-order chi connectivity index (χ0) is 16.0. The summed E-state index contributed by atoms with van der Waals surface area (Å²) >= 11 is 2.00. The molecule has 0 aliphatic rings. The molecule has 4 heteroatoms. The summed E-state index contributed by atoms with van der Waals surface area (Å²) in [6.07, 6.45) is 12.0. The van der Waals surface area contributed by atoms with Crippen LogP contribution in [0.15, 0.2) is 24.3 Å². The standard InChI is InChI=1S/C19H32FNS.ClH/c1-2-3-4-5-6-7-8-9-15-22-16-14-19(21)17-10-12-18(20)13-11-17;/h10-13,19H,2-9,14-16,21H2,1H3;1H. The second kappa shape index (κ2) is 15.3. The molecule has 1 aromatic carbocycles. The van der Waals surface area contributed by atoms with Crippen molar-refractivity contribution >= 4 is 24.2 Å². The van der Waals surface area contributed by atoms with Gasteiger partial charge in [-0.15, -0.1) is 12.4 Å². The molecular weight excluding hydrogens is 329 g/mol. The van der Waals surface area contributed by atoms with E-state index in [2.05, 4.69) is 6.92 Å². The average molecular weight is 362 g/mol. The Morgan fingerprint density at radius 1 is 0.913 bits per heavy atom. The van der Waals surface area contributed by atoms with E-state index in [0.717, 1.165) is 17.7 Å². The SMILES string of the molecule is CCCCCCCCCCSCCC(N)c1ccc(F)cc1.Cl. The Hall–Kier alpha value is -0.250. The Balaban J connectivity index is 0.00000484. The highest BCUT2D eigenvalue weighted by molar-refractivity contribution is 7.99. The van der Waals surface area contributed by atoms with Crippen LogP contribution in [0, 0.1) is 5.82 Å². The largest absolute Gasteiger partial charge is 0.324 e. The van der Waals surface area contributed by atoms with E-state index >= 15 is 0 Å². The molecule has 0 saturated carbocycles. The third kappa shape index (κ3) is 11.9. The molecule has 0 aromatic heterocycles. The second-order valence-corrected chi connectivity index (χ2v) is 7.26. The van der Waals surface area contributed by atoms with Crippen molar-refractivity contribution in [3.8, 4) is 0 Å². The molecule has 2 N–H and O–H groups in total. The lowest BCUT2D eigenvalue weighted by Crippen LogP contribution is -2.11. The third-order valence-corrected chi connectivity index (χ3v) is 5.12. The Morgan fingerprint density at radius 2 is 1.48 bits per heavy atom. The molecule has 0 fully saturated rings. The number of thioether (sulfide) groups is 1. The van der Waals surface area contributed by atoms with Gasteiger partial charge in [-0.25, -0.2) is 4.39 Å². The van der Waals surface area contributed by atoms with Crippen LogP contribution in [0.3, 0.4) is 0 Å². The highest BCUT2D eigenvalue weighted by Gasteiger charge is 2.05. The van der Waals surface area contributed by atoms with Gasteiger partial charge in [0.05, 0.1) is 0 Å². The lowest BCUT2D eigenvalue weighted by molar-refractivity contribution is 0.586. The molecule has 0 bridgehead atoms. The van der Waals surface area contributed by atoms with Gasteiger partial charge in [-0.3, -0.25) is 0 Å². The van der Waals surface area contributed by atoms with E-state index in [1.807, 2.05) is 11.8 Å². The van der Waals surface area contributed by atoms with Crippen molar-refractivity contribution in [2.45, 2.75) is 70.8 Å². The van der Waals surface area contributed by atoms with Gasteiger partial charge in [0.1, 0.15) is 5.82 Å². The van der Waals surface area contributed by atoms with Crippen LogP contribution in [0.2, 0.25) is 0 Å². The van der Waals surface area contributed by atoms with Crippen molar-refractivity contribution in [1.29, 1.82) is 0 Å². The summed E-state index contributed by atoms with van der Waals surface area (Å²) in [4.78, 5) is 0. The second-order valence-electron chi connectivity index (χ2n) is 6.03. The average Bonchev–Trinajstić information content (AvgIpc) is 2.53. The number of benzene rings is 1. The van der Waals surface area contributed by atoms with Crippen LogP contribution in [0.4, 0.5) is 4.39 Å². The quantitative estimate of drug-likeness (QED) is 0.405. The summed E-state index contributed by atoms with van der Waals surface area (Å²) in [6.45, 7) is 2.26. The van der Waals surface area contributed by atoms with E-state index in [0.29, 0.717) is 0 Å². The van der Waals surface area contributed by atoms with Gasteiger partial charge in [-0.1, -0.05) is 64.0 Å². The molecule has 1 rings (SSSR count). The molecule has 0 aliphatic carbocycles. The van der Waals surface area contributed by atoms with E-state index in [-0.39, 0.29) is 24.3 Å². The van der Waals surface area contributed by atoms with Crippen LogP contribution in [0.1, 0.15) is 76.3 Å². The summed E-state index contributed by atoms with van der Waals surface area (Å²) in [5, 5.41) is 0. The molecule has 0 saturated heterocycles. The fourth-order valence-electron chi connectivity index (χ4n) is 2.53. The maximum Gasteiger partial charge on any atom is 0.123 e. The lowest BCUT2D eigenvalue weighted by Gasteiger charge is -2.11. The molecule has 134 valence electrons. The zero-order valence-corrected chi connectivity index (χ0v) is 16.1. The zero-order valence-electron chi connectivity index (χ0n) is 14.4. The summed E-state index contributed by atoms with van der Waals surface area (Å²) in [5.41, 5.74) is 7.17. The molecule has 0 spiro atoms. The number of nitrogens with two attached hydrogens (primary N) is 1. The molecule has 0 amide bonds. The van der Waals surface area contributed by atoms with Gasteiger partial charge in [0.25, 0.3) is 0 Å². The number of hydrogen-bond donors (Lipinski definition) is 1. The van der Waals surface area contributed by atoms with E-state index in [1.165, 1.54) is 69.3 Å². The Labute approximate surface area is 152 Å². The minimum Gasteiger partial charge on any atom is -0.324 e. The van der Waals surface area contributed by atoms with E-state index in [9.17, 15) is 4.39 Å². The topological polar surface area (TPSA) is 26.0 Å². The van der Waals surface area contributed by atoms with Crippen molar-refractivity contribution in [3.05, 3.63) is 35.6 Å². The number of unbranched alkanes of at least 4 members (excludes halogenated alkanes) is 7. The van der Waals surface area contributed by atoms with Gasteiger partial charge in [-0.2, -0.15) is 11.8 Å². The predicted octanol–water partition coefficient (Wildman–Crippen LogP) is 6.51. The minimum absolute atomic E-state index is 0. The number of halogens is 2. The number of rotatable bonds is 13. The number of hydrogen-bond acceptors (Lipinski definition) is 2. The predicted molar refractivity (Wildman–Crippen MR) is 105 cm³/mol. The summed E-state index contributed by atoms with van der Waals surface area (Å²) < 4.78 is 12.8. The smallest absolute Gasteiger partial charge is 0.123 e. The van der Waals surface area contributed by atoms with Crippen LogP contribution in [-0.2, 0) is 0 Å². The molecule has 0 aliphatic heterocycles. The van der Waals surface area contributed by atoms with Crippen molar-refractivity contribution in [2.75, 3.05) is 11.5 Å². The minimum atomic E-state index is -0.194. The molecule has 1 atom stereocenters. The van der Waals surface area contributed by atoms with Gasteiger partial charge >= 0.3 is 0 Å². The molecule has 0 heterocycles. The summed E-state index contributed by atoms with van der Waals surface area (Å²) in [5.74, 6) is 2.14. The highest BCUT2D eigenvalue weighted by atomic mass is 35.5. The highest BCUT2D eigenvalue weighted by Crippen LogP contribution is 2.18. The normalized spacial score (nSPS) is 12.0. The monoisotopic (exact) mass is 361 g/mol. The first kappa shape index (κ1) is 22.8. The molecule has 23 heavy (non-hydrogen) atoms. The first-order valence-corrected chi connectivity index (χ1v) is 9.98. The maximum atomic E-state index is 12.8. The van der Waals surface area contributed by atoms with E-state index < -0.39 is 0 Å². The van der Waals surface area contributed by atoms with Gasteiger partial charge in [0.15, 0.2) is 0 Å². The summed E-state index contributed by atoms with van der Waals surface area (Å²) in [6, 6.07) is 6.60. The van der Waals surface area contributed by atoms with Crippen LogP contribution in [0.5, 0.6) is 0 Å². The van der Waals surface area contributed by atoms with Crippen LogP contribution >= 0.6 is 24.2 Å². The van der Waals surface area contributed by atoms with E-state index in [1.54, 1.807) is 12.1 Å². The molecule has 1 nitrogen and oxygen atoms in total. The maximum absolute atomic E-state index is 12.8.